The molecular weight excluding hydrogens is 226 g/mol. The maximum absolute atomic E-state index is 11.6. The standard InChI is InChI=1S/C12H22ClNO2/c1-10(4-2-8-13)14-12(15)7-6-11-5-3-9-16-11/h10-11H,2-9H2,1H3,(H,14,15). The first-order valence-corrected chi connectivity index (χ1v) is 6.72. The van der Waals surface area contributed by atoms with E-state index in [1.165, 1.54) is 0 Å². The maximum Gasteiger partial charge on any atom is 0.220 e. The van der Waals surface area contributed by atoms with Crippen molar-refractivity contribution < 1.29 is 9.53 Å². The van der Waals surface area contributed by atoms with Gasteiger partial charge in [-0.05, 0) is 39.0 Å². The highest BCUT2D eigenvalue weighted by molar-refractivity contribution is 6.17. The first-order chi connectivity index (χ1) is 7.72. The molecule has 1 N–H and O–H groups in total. The Morgan fingerprint density at radius 2 is 2.44 bits per heavy atom. The van der Waals surface area contributed by atoms with Gasteiger partial charge in [0.15, 0.2) is 0 Å². The topological polar surface area (TPSA) is 38.3 Å². The lowest BCUT2D eigenvalue weighted by molar-refractivity contribution is -0.122. The fourth-order valence-electron chi connectivity index (χ4n) is 1.97. The van der Waals surface area contributed by atoms with Crippen LogP contribution in [0.1, 0.15) is 45.4 Å². The van der Waals surface area contributed by atoms with Crippen molar-refractivity contribution in [2.45, 2.75) is 57.6 Å². The van der Waals surface area contributed by atoms with Gasteiger partial charge >= 0.3 is 0 Å². The van der Waals surface area contributed by atoms with E-state index in [1.54, 1.807) is 0 Å². The number of alkyl halides is 1. The number of rotatable bonds is 7. The molecule has 2 atom stereocenters. The summed E-state index contributed by atoms with van der Waals surface area (Å²) in [4.78, 5) is 11.6. The first-order valence-electron chi connectivity index (χ1n) is 6.19. The molecule has 1 amide bonds. The first kappa shape index (κ1) is 13.8. The Bertz CT molecular complexity index is 205. The number of nitrogens with one attached hydrogen (secondary N) is 1. The Labute approximate surface area is 103 Å². The monoisotopic (exact) mass is 247 g/mol. The molecule has 1 heterocycles. The minimum Gasteiger partial charge on any atom is -0.378 e. The molecular formula is C12H22ClNO2. The number of carbonyl (C=O) groups excluding carboxylic acids is 1. The molecule has 0 aromatic rings. The third-order valence-corrected chi connectivity index (χ3v) is 3.16. The normalized spacial score (nSPS) is 22.0. The summed E-state index contributed by atoms with van der Waals surface area (Å²) in [5.41, 5.74) is 0. The number of carbonyl (C=O) groups is 1. The minimum absolute atomic E-state index is 0.137. The Kier molecular flexibility index (Phi) is 6.81. The summed E-state index contributed by atoms with van der Waals surface area (Å²) in [5, 5.41) is 2.99. The van der Waals surface area contributed by atoms with E-state index >= 15 is 0 Å². The second kappa shape index (κ2) is 7.91. The summed E-state index contributed by atoms with van der Waals surface area (Å²) in [6.45, 7) is 2.88. The van der Waals surface area contributed by atoms with Crippen molar-refractivity contribution in [1.29, 1.82) is 0 Å². The van der Waals surface area contributed by atoms with Gasteiger partial charge < -0.3 is 10.1 Å². The second-order valence-corrected chi connectivity index (χ2v) is 4.85. The van der Waals surface area contributed by atoms with E-state index in [0.29, 0.717) is 18.4 Å². The minimum atomic E-state index is 0.137. The fraction of sp³-hybridized carbons (Fsp3) is 0.917. The van der Waals surface area contributed by atoms with Crippen molar-refractivity contribution in [3.05, 3.63) is 0 Å². The lowest BCUT2D eigenvalue weighted by Crippen LogP contribution is -2.32. The zero-order chi connectivity index (χ0) is 11.8. The molecule has 0 aliphatic carbocycles. The highest BCUT2D eigenvalue weighted by Crippen LogP contribution is 2.16. The molecule has 94 valence electrons. The number of amides is 1. The van der Waals surface area contributed by atoms with Crippen LogP contribution >= 0.6 is 11.6 Å². The summed E-state index contributed by atoms with van der Waals surface area (Å²) >= 11 is 5.60. The highest BCUT2D eigenvalue weighted by atomic mass is 35.5. The van der Waals surface area contributed by atoms with E-state index in [2.05, 4.69) is 5.32 Å². The lowest BCUT2D eigenvalue weighted by atomic mass is 10.1. The predicted molar refractivity (Wildman–Crippen MR) is 65.8 cm³/mol. The third kappa shape index (κ3) is 5.71. The number of ether oxygens (including phenoxy) is 1. The van der Waals surface area contributed by atoms with Crippen LogP contribution in [0.3, 0.4) is 0 Å². The molecule has 1 saturated heterocycles. The van der Waals surface area contributed by atoms with Gasteiger partial charge in [0.25, 0.3) is 0 Å². The van der Waals surface area contributed by atoms with Gasteiger partial charge in [-0.2, -0.15) is 0 Å². The average Bonchev–Trinajstić information content (AvgIpc) is 2.76. The van der Waals surface area contributed by atoms with Crippen LogP contribution in [-0.2, 0) is 9.53 Å². The van der Waals surface area contributed by atoms with Crippen LogP contribution < -0.4 is 5.32 Å². The fourth-order valence-corrected chi connectivity index (χ4v) is 2.12. The van der Waals surface area contributed by atoms with Crippen molar-refractivity contribution in [3.8, 4) is 0 Å². The highest BCUT2D eigenvalue weighted by Gasteiger charge is 2.17. The van der Waals surface area contributed by atoms with Gasteiger partial charge in [-0.25, -0.2) is 0 Å². The lowest BCUT2D eigenvalue weighted by Gasteiger charge is -2.14. The van der Waals surface area contributed by atoms with E-state index in [-0.39, 0.29) is 11.9 Å². The molecule has 1 aliphatic rings. The zero-order valence-electron chi connectivity index (χ0n) is 10.0. The summed E-state index contributed by atoms with van der Waals surface area (Å²) in [5.74, 6) is 0.799. The van der Waals surface area contributed by atoms with Crippen molar-refractivity contribution in [1.82, 2.24) is 5.32 Å². The number of hydrogen-bond donors (Lipinski definition) is 1. The predicted octanol–water partition coefficient (Wildman–Crippen LogP) is 2.47. The number of halogens is 1. The summed E-state index contributed by atoms with van der Waals surface area (Å²) in [6, 6.07) is 0.232. The molecule has 0 bridgehead atoms. The smallest absolute Gasteiger partial charge is 0.220 e. The van der Waals surface area contributed by atoms with Gasteiger partial charge in [0.2, 0.25) is 5.91 Å². The Morgan fingerprint density at radius 3 is 3.06 bits per heavy atom. The Balaban J connectivity index is 2.05. The van der Waals surface area contributed by atoms with Crippen molar-refractivity contribution in [3.63, 3.8) is 0 Å². The molecule has 0 spiro atoms. The molecule has 1 rings (SSSR count). The van der Waals surface area contributed by atoms with Gasteiger partial charge in [0.1, 0.15) is 0 Å². The van der Waals surface area contributed by atoms with Crippen LogP contribution in [0.5, 0.6) is 0 Å². The van der Waals surface area contributed by atoms with Gasteiger partial charge in [0, 0.05) is 24.9 Å². The second-order valence-electron chi connectivity index (χ2n) is 4.47. The Morgan fingerprint density at radius 1 is 1.62 bits per heavy atom. The van der Waals surface area contributed by atoms with Gasteiger partial charge in [-0.3, -0.25) is 4.79 Å². The van der Waals surface area contributed by atoms with Gasteiger partial charge in [0.05, 0.1) is 6.10 Å². The van der Waals surface area contributed by atoms with Crippen LogP contribution in [0.15, 0.2) is 0 Å². The molecule has 1 aliphatic heterocycles. The van der Waals surface area contributed by atoms with E-state index in [4.69, 9.17) is 16.3 Å². The summed E-state index contributed by atoms with van der Waals surface area (Å²) in [7, 11) is 0. The summed E-state index contributed by atoms with van der Waals surface area (Å²) < 4.78 is 5.48. The van der Waals surface area contributed by atoms with Crippen molar-refractivity contribution >= 4 is 17.5 Å². The molecule has 0 radical (unpaired) electrons. The number of hydrogen-bond acceptors (Lipinski definition) is 2. The van der Waals surface area contributed by atoms with Gasteiger partial charge in [-0.15, -0.1) is 11.6 Å². The molecule has 1 fully saturated rings. The average molecular weight is 248 g/mol. The van der Waals surface area contributed by atoms with Crippen LogP contribution in [0.4, 0.5) is 0 Å². The molecule has 0 aromatic carbocycles. The molecule has 4 heteroatoms. The van der Waals surface area contributed by atoms with Gasteiger partial charge in [-0.1, -0.05) is 0 Å². The molecule has 16 heavy (non-hydrogen) atoms. The van der Waals surface area contributed by atoms with E-state index in [9.17, 15) is 4.79 Å². The Hall–Kier alpha value is -0.280. The summed E-state index contributed by atoms with van der Waals surface area (Å²) in [6.07, 6.45) is 5.89. The zero-order valence-corrected chi connectivity index (χ0v) is 10.8. The molecule has 3 nitrogen and oxygen atoms in total. The van der Waals surface area contributed by atoms with E-state index in [1.807, 2.05) is 6.92 Å². The SMILES string of the molecule is CC(CCCCl)NC(=O)CCC1CCCO1. The van der Waals surface area contributed by atoms with Crippen molar-refractivity contribution in [2.24, 2.45) is 0 Å². The molecule has 0 aromatic heterocycles. The maximum atomic E-state index is 11.6. The molecule has 2 unspecified atom stereocenters. The van der Waals surface area contributed by atoms with Crippen LogP contribution in [-0.4, -0.2) is 30.5 Å². The van der Waals surface area contributed by atoms with Crippen LogP contribution in [0.25, 0.3) is 0 Å². The van der Waals surface area contributed by atoms with E-state index < -0.39 is 0 Å². The van der Waals surface area contributed by atoms with E-state index in [0.717, 1.165) is 38.7 Å². The van der Waals surface area contributed by atoms with Crippen LogP contribution in [0, 0.1) is 0 Å². The molecule has 0 saturated carbocycles. The quantitative estimate of drug-likeness (QED) is 0.702. The van der Waals surface area contributed by atoms with Crippen LogP contribution in [0.2, 0.25) is 0 Å². The third-order valence-electron chi connectivity index (χ3n) is 2.90. The largest absolute Gasteiger partial charge is 0.378 e. The van der Waals surface area contributed by atoms with Crippen molar-refractivity contribution in [2.75, 3.05) is 12.5 Å².